The molecule has 1 heteroatoms. The van der Waals surface area contributed by atoms with E-state index in [1.165, 1.54) is 36.0 Å². The lowest BCUT2D eigenvalue weighted by Gasteiger charge is -2.32. The monoisotopic (exact) mass is 326 g/mol. The predicted molar refractivity (Wildman–Crippen MR) is 106 cm³/mol. The highest BCUT2D eigenvalue weighted by Gasteiger charge is 2.26. The fraction of sp³-hybridized carbons (Fsp3) is 0.522. The molecular formula is C23H34O. The average Bonchev–Trinajstić information content (AvgIpc) is 2.45. The van der Waals surface area contributed by atoms with E-state index in [0.29, 0.717) is 0 Å². The third-order valence-corrected chi connectivity index (χ3v) is 4.71. The lowest BCUT2D eigenvalue weighted by Crippen LogP contribution is -2.19. The summed E-state index contributed by atoms with van der Waals surface area (Å²) in [6.07, 6.45) is 16.1. The minimum Gasteiger partial charge on any atom is -0.295 e. The molecule has 0 heterocycles. The highest BCUT2D eigenvalue weighted by atomic mass is 16.1. The van der Waals surface area contributed by atoms with Gasteiger partial charge in [0, 0.05) is 5.92 Å². The molecule has 0 atom stereocenters. The van der Waals surface area contributed by atoms with E-state index in [4.69, 9.17) is 0 Å². The van der Waals surface area contributed by atoms with Crippen molar-refractivity contribution in [2.75, 3.05) is 0 Å². The molecule has 0 spiro atoms. The molecule has 0 bridgehead atoms. The first-order valence-electron chi connectivity index (χ1n) is 9.09. The zero-order chi connectivity index (χ0) is 18.3. The Hall–Kier alpha value is -1.63. The van der Waals surface area contributed by atoms with E-state index in [1.807, 2.05) is 32.9 Å². The molecular weight excluding hydrogens is 292 g/mol. The van der Waals surface area contributed by atoms with Gasteiger partial charge < -0.3 is 0 Å². The van der Waals surface area contributed by atoms with Crippen molar-refractivity contribution < 1.29 is 4.79 Å². The van der Waals surface area contributed by atoms with Crippen LogP contribution in [-0.2, 0) is 4.79 Å². The van der Waals surface area contributed by atoms with E-state index < -0.39 is 0 Å². The van der Waals surface area contributed by atoms with Crippen LogP contribution in [0.2, 0.25) is 0 Å². The van der Waals surface area contributed by atoms with Gasteiger partial charge in [-0.25, -0.2) is 0 Å². The zero-order valence-electron chi connectivity index (χ0n) is 16.6. The largest absolute Gasteiger partial charge is 0.295 e. The smallest absolute Gasteiger partial charge is 0.158 e. The van der Waals surface area contributed by atoms with E-state index in [9.17, 15) is 4.79 Å². The first-order chi connectivity index (χ1) is 11.1. The fourth-order valence-electron chi connectivity index (χ4n) is 3.07. The summed E-state index contributed by atoms with van der Waals surface area (Å²) in [7, 11) is 0. The van der Waals surface area contributed by atoms with Crippen molar-refractivity contribution in [2.45, 2.75) is 67.7 Å². The molecule has 0 amide bonds. The van der Waals surface area contributed by atoms with E-state index in [0.717, 1.165) is 5.57 Å². The molecule has 24 heavy (non-hydrogen) atoms. The minimum absolute atomic E-state index is 0.0592. The van der Waals surface area contributed by atoms with Crippen molar-refractivity contribution in [3.63, 3.8) is 0 Å². The van der Waals surface area contributed by atoms with Gasteiger partial charge in [-0.3, -0.25) is 4.79 Å². The number of hydrogen-bond acceptors (Lipinski definition) is 1. The number of allylic oxidation sites excluding steroid dienone is 10. The molecule has 0 aromatic rings. The van der Waals surface area contributed by atoms with Crippen LogP contribution in [0.3, 0.4) is 0 Å². The Bertz CT molecular complexity index is 604. The molecule has 1 rings (SSSR count). The molecule has 0 fully saturated rings. The van der Waals surface area contributed by atoms with Crippen LogP contribution in [0, 0.1) is 11.3 Å². The van der Waals surface area contributed by atoms with E-state index in [-0.39, 0.29) is 17.1 Å². The Balaban J connectivity index is 2.77. The van der Waals surface area contributed by atoms with E-state index >= 15 is 0 Å². The molecule has 1 aliphatic carbocycles. The Morgan fingerprint density at radius 1 is 1.12 bits per heavy atom. The van der Waals surface area contributed by atoms with Crippen molar-refractivity contribution in [3.8, 4) is 0 Å². The first-order valence-corrected chi connectivity index (χ1v) is 9.09. The maximum atomic E-state index is 11.7. The van der Waals surface area contributed by atoms with Gasteiger partial charge in [0.1, 0.15) is 0 Å². The maximum absolute atomic E-state index is 11.7. The van der Waals surface area contributed by atoms with Crippen LogP contribution < -0.4 is 0 Å². The normalized spacial score (nSPS) is 19.8. The Labute approximate surface area is 148 Å². The van der Waals surface area contributed by atoms with Crippen molar-refractivity contribution in [2.24, 2.45) is 11.3 Å². The minimum atomic E-state index is 0.0592. The molecule has 0 aromatic heterocycles. The van der Waals surface area contributed by atoms with Gasteiger partial charge in [0.05, 0.1) is 0 Å². The molecule has 0 unspecified atom stereocenters. The second-order valence-corrected chi connectivity index (χ2v) is 7.98. The quantitative estimate of drug-likeness (QED) is 0.390. The maximum Gasteiger partial charge on any atom is 0.158 e. The Kier molecular flexibility index (Phi) is 7.66. The van der Waals surface area contributed by atoms with Crippen LogP contribution >= 0.6 is 0 Å². The summed E-state index contributed by atoms with van der Waals surface area (Å²) < 4.78 is 0. The third-order valence-electron chi connectivity index (χ3n) is 4.71. The summed E-state index contributed by atoms with van der Waals surface area (Å²) in [5.41, 5.74) is 5.51. The lowest BCUT2D eigenvalue weighted by atomic mass is 9.72. The topological polar surface area (TPSA) is 17.1 Å². The van der Waals surface area contributed by atoms with Crippen molar-refractivity contribution in [1.82, 2.24) is 0 Å². The van der Waals surface area contributed by atoms with E-state index in [1.54, 1.807) is 6.08 Å². The van der Waals surface area contributed by atoms with Crippen LogP contribution in [0.15, 0.2) is 58.7 Å². The summed E-state index contributed by atoms with van der Waals surface area (Å²) >= 11 is 0. The van der Waals surface area contributed by atoms with Crippen LogP contribution in [0.4, 0.5) is 0 Å². The van der Waals surface area contributed by atoms with Gasteiger partial charge in [0.15, 0.2) is 5.78 Å². The summed E-state index contributed by atoms with van der Waals surface area (Å²) in [6.45, 7) is 14.9. The highest BCUT2D eigenvalue weighted by Crippen LogP contribution is 2.40. The molecule has 0 aromatic carbocycles. The van der Waals surface area contributed by atoms with Crippen LogP contribution in [0.5, 0.6) is 0 Å². The van der Waals surface area contributed by atoms with Gasteiger partial charge in [0.2, 0.25) is 0 Å². The highest BCUT2D eigenvalue weighted by molar-refractivity contribution is 5.92. The molecule has 0 N–H and O–H groups in total. The fourth-order valence-corrected chi connectivity index (χ4v) is 3.07. The molecule has 132 valence electrons. The summed E-state index contributed by atoms with van der Waals surface area (Å²) in [5, 5.41) is 0. The number of rotatable bonds is 6. The summed E-state index contributed by atoms with van der Waals surface area (Å²) in [4.78, 5) is 11.7. The summed E-state index contributed by atoms with van der Waals surface area (Å²) in [6, 6.07) is 0. The number of hydrogen-bond donors (Lipinski definition) is 0. The molecule has 1 aliphatic rings. The summed E-state index contributed by atoms with van der Waals surface area (Å²) in [5.74, 6) is 0.239. The number of carbonyl (C=O) groups is 1. The Morgan fingerprint density at radius 3 is 2.38 bits per heavy atom. The molecule has 0 radical (unpaired) electrons. The van der Waals surface area contributed by atoms with Crippen molar-refractivity contribution >= 4 is 5.78 Å². The first kappa shape index (κ1) is 20.4. The van der Waals surface area contributed by atoms with Gasteiger partial charge in [0.25, 0.3) is 0 Å². The lowest BCUT2D eigenvalue weighted by molar-refractivity contribution is -0.117. The third kappa shape index (κ3) is 6.47. The SMILES string of the molecule is CC1=C(/C=C/C(C)=C/C=C/C(C)=C/C(=O)C(C)C)C(C)(C)CCC1. The standard InChI is InChI=1S/C23H34O/c1-17(2)22(24)16-19(4)11-8-10-18(3)13-14-21-20(5)12-9-15-23(21,6)7/h8,10-11,13-14,16-17H,9,12,15H2,1-7H3/b11-8+,14-13+,18-10+,19-16+. The van der Waals surface area contributed by atoms with E-state index in [2.05, 4.69) is 45.9 Å². The van der Waals surface area contributed by atoms with Crippen molar-refractivity contribution in [3.05, 3.63) is 58.7 Å². The zero-order valence-corrected chi connectivity index (χ0v) is 16.6. The predicted octanol–water partition coefficient (Wildman–Crippen LogP) is 6.74. The molecule has 0 saturated heterocycles. The number of ketones is 1. The molecule has 0 saturated carbocycles. The van der Waals surface area contributed by atoms with Gasteiger partial charge in [-0.15, -0.1) is 0 Å². The number of carbonyl (C=O) groups excluding carboxylic acids is 1. The Morgan fingerprint density at radius 2 is 1.79 bits per heavy atom. The van der Waals surface area contributed by atoms with Gasteiger partial charge in [-0.1, -0.05) is 69.2 Å². The van der Waals surface area contributed by atoms with Crippen molar-refractivity contribution in [1.29, 1.82) is 0 Å². The van der Waals surface area contributed by atoms with Gasteiger partial charge in [-0.05, 0) is 62.7 Å². The van der Waals surface area contributed by atoms with Gasteiger partial charge in [-0.2, -0.15) is 0 Å². The van der Waals surface area contributed by atoms with Gasteiger partial charge >= 0.3 is 0 Å². The second kappa shape index (κ2) is 9.01. The molecule has 1 nitrogen and oxygen atoms in total. The second-order valence-electron chi connectivity index (χ2n) is 7.98. The van der Waals surface area contributed by atoms with Crippen LogP contribution in [0.1, 0.15) is 67.7 Å². The molecule has 0 aliphatic heterocycles. The van der Waals surface area contributed by atoms with Crippen LogP contribution in [0.25, 0.3) is 0 Å². The van der Waals surface area contributed by atoms with Crippen LogP contribution in [-0.4, -0.2) is 5.78 Å². The average molecular weight is 327 g/mol.